The molecule has 0 aliphatic heterocycles. The summed E-state index contributed by atoms with van der Waals surface area (Å²) in [7, 11) is 2.00. The van der Waals surface area contributed by atoms with Crippen LogP contribution in [0.15, 0.2) is 10.8 Å². The molecule has 6 heteroatoms. The van der Waals surface area contributed by atoms with E-state index >= 15 is 0 Å². The number of nitrogens with one attached hydrogen (secondary N) is 1. The second kappa shape index (κ2) is 8.26. The molecule has 5 nitrogen and oxygen atoms in total. The van der Waals surface area contributed by atoms with Crippen molar-refractivity contribution >= 4 is 27.6 Å². The van der Waals surface area contributed by atoms with Gasteiger partial charge in [-0.2, -0.15) is 0 Å². The lowest BCUT2D eigenvalue weighted by Crippen LogP contribution is -2.24. The molecule has 0 fully saturated rings. The van der Waals surface area contributed by atoms with Crippen molar-refractivity contribution < 1.29 is 4.74 Å². The van der Waals surface area contributed by atoms with Crippen LogP contribution in [-0.2, 0) is 4.74 Å². The number of hydrogen-bond acceptors (Lipinski definition) is 5. The Labute approximate surface area is 117 Å². The van der Waals surface area contributed by atoms with Crippen molar-refractivity contribution in [3.63, 3.8) is 0 Å². The van der Waals surface area contributed by atoms with Gasteiger partial charge in [-0.1, -0.05) is 6.92 Å². The first-order valence-corrected chi connectivity index (χ1v) is 7.03. The molecule has 0 spiro atoms. The smallest absolute Gasteiger partial charge is 0.148 e. The Morgan fingerprint density at radius 3 is 2.83 bits per heavy atom. The van der Waals surface area contributed by atoms with Crippen molar-refractivity contribution in [2.45, 2.75) is 20.3 Å². The van der Waals surface area contributed by atoms with E-state index in [1.165, 1.54) is 0 Å². The first-order valence-electron chi connectivity index (χ1n) is 6.23. The van der Waals surface area contributed by atoms with Gasteiger partial charge in [0.25, 0.3) is 0 Å². The van der Waals surface area contributed by atoms with Crippen LogP contribution < -0.4 is 10.2 Å². The van der Waals surface area contributed by atoms with Crippen LogP contribution in [0.4, 0.5) is 11.6 Å². The van der Waals surface area contributed by atoms with Gasteiger partial charge >= 0.3 is 0 Å². The summed E-state index contributed by atoms with van der Waals surface area (Å²) in [5, 5.41) is 3.27. The molecule has 1 aromatic rings. The van der Waals surface area contributed by atoms with Crippen LogP contribution in [0.2, 0.25) is 0 Å². The Morgan fingerprint density at radius 1 is 1.39 bits per heavy atom. The van der Waals surface area contributed by atoms with Gasteiger partial charge in [0, 0.05) is 26.7 Å². The SMILES string of the molecule is CCCNc1ncnc(N(C)CCOCC)c1Br. The summed E-state index contributed by atoms with van der Waals surface area (Å²) in [6, 6.07) is 0. The summed E-state index contributed by atoms with van der Waals surface area (Å²) in [4.78, 5) is 10.6. The van der Waals surface area contributed by atoms with Gasteiger partial charge in [-0.3, -0.25) is 0 Å². The normalized spacial score (nSPS) is 10.4. The Hall–Kier alpha value is -0.880. The monoisotopic (exact) mass is 316 g/mol. The molecule has 0 aromatic carbocycles. The maximum atomic E-state index is 5.34. The maximum absolute atomic E-state index is 5.34. The van der Waals surface area contributed by atoms with Crippen molar-refractivity contribution in [1.82, 2.24) is 9.97 Å². The lowest BCUT2D eigenvalue weighted by Gasteiger charge is -2.20. The van der Waals surface area contributed by atoms with E-state index in [1.807, 2.05) is 14.0 Å². The molecule has 1 N–H and O–H groups in total. The lowest BCUT2D eigenvalue weighted by atomic mass is 10.4. The quantitative estimate of drug-likeness (QED) is 0.747. The zero-order valence-corrected chi connectivity index (χ0v) is 12.8. The van der Waals surface area contributed by atoms with Crippen molar-refractivity contribution in [3.05, 3.63) is 10.8 Å². The van der Waals surface area contributed by atoms with Gasteiger partial charge in [0.2, 0.25) is 0 Å². The molecule has 0 bridgehead atoms. The van der Waals surface area contributed by atoms with Crippen molar-refractivity contribution in [3.8, 4) is 0 Å². The highest BCUT2D eigenvalue weighted by Crippen LogP contribution is 2.28. The molecular weight excluding hydrogens is 296 g/mol. The van der Waals surface area contributed by atoms with Crippen molar-refractivity contribution in [1.29, 1.82) is 0 Å². The number of nitrogens with zero attached hydrogens (tertiary/aromatic N) is 3. The van der Waals surface area contributed by atoms with Gasteiger partial charge in [0.1, 0.15) is 22.4 Å². The molecule has 18 heavy (non-hydrogen) atoms. The van der Waals surface area contributed by atoms with E-state index in [1.54, 1.807) is 6.33 Å². The predicted molar refractivity (Wildman–Crippen MR) is 78.3 cm³/mol. The van der Waals surface area contributed by atoms with Crippen LogP contribution in [0, 0.1) is 0 Å². The Kier molecular flexibility index (Phi) is 6.97. The average molecular weight is 317 g/mol. The van der Waals surface area contributed by atoms with Gasteiger partial charge in [0.05, 0.1) is 6.61 Å². The van der Waals surface area contributed by atoms with Gasteiger partial charge < -0.3 is 15.0 Å². The highest BCUT2D eigenvalue weighted by atomic mass is 79.9. The molecule has 0 amide bonds. The molecule has 0 saturated heterocycles. The summed E-state index contributed by atoms with van der Waals surface area (Å²) in [5.41, 5.74) is 0. The third-order valence-corrected chi connectivity index (χ3v) is 3.18. The third kappa shape index (κ3) is 4.42. The van der Waals surface area contributed by atoms with Crippen LogP contribution in [0.25, 0.3) is 0 Å². The number of likely N-dealkylation sites (N-methyl/N-ethyl adjacent to an activating group) is 1. The standard InChI is InChI=1S/C12H21BrN4O/c1-4-6-14-11-10(13)12(16-9-15-11)17(3)7-8-18-5-2/h9H,4-8H2,1-3H3,(H,14,15,16). The van der Waals surface area contributed by atoms with E-state index in [-0.39, 0.29) is 0 Å². The van der Waals surface area contributed by atoms with E-state index < -0.39 is 0 Å². The molecule has 1 heterocycles. The second-order valence-electron chi connectivity index (χ2n) is 3.91. The maximum Gasteiger partial charge on any atom is 0.148 e. The number of rotatable bonds is 8. The minimum atomic E-state index is 0.696. The van der Waals surface area contributed by atoms with E-state index in [4.69, 9.17) is 4.74 Å². The van der Waals surface area contributed by atoms with Gasteiger partial charge in [-0.15, -0.1) is 0 Å². The van der Waals surface area contributed by atoms with Gasteiger partial charge in [-0.05, 0) is 29.3 Å². The van der Waals surface area contributed by atoms with E-state index in [2.05, 4.69) is 43.0 Å². The molecule has 102 valence electrons. The van der Waals surface area contributed by atoms with Crippen molar-refractivity contribution in [2.75, 3.05) is 43.6 Å². The summed E-state index contributed by atoms with van der Waals surface area (Å²) in [6.07, 6.45) is 2.64. The zero-order valence-electron chi connectivity index (χ0n) is 11.2. The van der Waals surface area contributed by atoms with Crippen LogP contribution >= 0.6 is 15.9 Å². The molecule has 0 aliphatic rings. The first-order chi connectivity index (χ1) is 8.70. The van der Waals surface area contributed by atoms with E-state index in [0.29, 0.717) is 6.61 Å². The summed E-state index contributed by atoms with van der Waals surface area (Å²) >= 11 is 3.55. The Morgan fingerprint density at radius 2 is 2.17 bits per heavy atom. The third-order valence-electron chi connectivity index (χ3n) is 2.45. The number of aromatic nitrogens is 2. The van der Waals surface area contributed by atoms with Crippen LogP contribution in [0.5, 0.6) is 0 Å². The molecule has 1 rings (SSSR count). The number of hydrogen-bond donors (Lipinski definition) is 1. The summed E-state index contributed by atoms with van der Waals surface area (Å²) < 4.78 is 6.25. The fourth-order valence-electron chi connectivity index (χ4n) is 1.45. The molecule has 0 unspecified atom stereocenters. The average Bonchev–Trinajstić information content (AvgIpc) is 2.37. The number of halogens is 1. The largest absolute Gasteiger partial charge is 0.380 e. The minimum absolute atomic E-state index is 0.696. The van der Waals surface area contributed by atoms with E-state index in [9.17, 15) is 0 Å². The minimum Gasteiger partial charge on any atom is -0.380 e. The Balaban J connectivity index is 2.69. The van der Waals surface area contributed by atoms with Crippen LogP contribution in [0.1, 0.15) is 20.3 Å². The predicted octanol–water partition coefficient (Wildman–Crippen LogP) is 2.53. The number of ether oxygens (including phenoxy) is 1. The molecule has 0 radical (unpaired) electrons. The zero-order chi connectivity index (χ0) is 13.4. The molecular formula is C12H21BrN4O. The molecule has 0 saturated carbocycles. The van der Waals surface area contributed by atoms with Crippen LogP contribution in [0.3, 0.4) is 0 Å². The number of anilines is 2. The van der Waals surface area contributed by atoms with Gasteiger partial charge in [0.15, 0.2) is 0 Å². The molecule has 0 aliphatic carbocycles. The van der Waals surface area contributed by atoms with E-state index in [0.717, 1.165) is 42.2 Å². The lowest BCUT2D eigenvalue weighted by molar-refractivity contribution is 0.154. The molecule has 1 aromatic heterocycles. The fraction of sp³-hybridized carbons (Fsp3) is 0.667. The topological polar surface area (TPSA) is 50.3 Å². The van der Waals surface area contributed by atoms with Crippen LogP contribution in [-0.4, -0.2) is 43.3 Å². The summed E-state index contributed by atoms with van der Waals surface area (Å²) in [6.45, 7) is 7.25. The highest BCUT2D eigenvalue weighted by molar-refractivity contribution is 9.10. The molecule has 0 atom stereocenters. The summed E-state index contributed by atoms with van der Waals surface area (Å²) in [5.74, 6) is 1.72. The fourth-order valence-corrected chi connectivity index (χ4v) is 2.09. The first kappa shape index (κ1) is 15.2. The second-order valence-corrected chi connectivity index (χ2v) is 4.70. The Bertz CT molecular complexity index is 362. The van der Waals surface area contributed by atoms with Crippen molar-refractivity contribution in [2.24, 2.45) is 0 Å². The highest BCUT2D eigenvalue weighted by Gasteiger charge is 2.11. The van der Waals surface area contributed by atoms with Gasteiger partial charge in [-0.25, -0.2) is 9.97 Å².